The predicted molar refractivity (Wildman–Crippen MR) is 70.6 cm³/mol. The molecule has 5 nitrogen and oxygen atoms in total. The maximum absolute atomic E-state index is 10.8. The zero-order chi connectivity index (χ0) is 13.5. The molecule has 0 spiro atoms. The van der Waals surface area contributed by atoms with Gasteiger partial charge in [-0.1, -0.05) is 13.8 Å². The maximum atomic E-state index is 10.8. The van der Waals surface area contributed by atoms with Gasteiger partial charge in [-0.25, -0.2) is 0 Å². The van der Waals surface area contributed by atoms with Crippen LogP contribution in [0.3, 0.4) is 0 Å². The highest BCUT2D eigenvalue weighted by Crippen LogP contribution is 2.21. The van der Waals surface area contributed by atoms with Crippen LogP contribution in [0.5, 0.6) is 0 Å². The molecule has 0 aliphatic carbocycles. The molecule has 18 heavy (non-hydrogen) atoms. The van der Waals surface area contributed by atoms with Gasteiger partial charge in [-0.05, 0) is 31.7 Å². The number of carboxylic acid groups (broad SMARTS) is 1. The maximum Gasteiger partial charge on any atom is 0.317 e. The topological polar surface area (TPSA) is 72.8 Å². The molecule has 1 aliphatic rings. The van der Waals surface area contributed by atoms with E-state index in [0.29, 0.717) is 12.6 Å². The van der Waals surface area contributed by atoms with Crippen LogP contribution in [0.15, 0.2) is 0 Å². The summed E-state index contributed by atoms with van der Waals surface area (Å²) in [6, 6.07) is 0.296. The number of rotatable bonds is 7. The number of aliphatic hydroxyl groups excluding tert-OH is 1. The first-order valence-corrected chi connectivity index (χ1v) is 6.92. The number of aliphatic hydroxyl groups is 1. The van der Waals surface area contributed by atoms with E-state index < -0.39 is 5.97 Å². The lowest BCUT2D eigenvalue weighted by Gasteiger charge is -2.39. The average Bonchev–Trinajstić information content (AvgIpc) is 2.34. The molecule has 0 saturated carbocycles. The molecule has 0 aromatic heterocycles. The molecule has 3 unspecified atom stereocenters. The molecule has 1 saturated heterocycles. The molecule has 1 rings (SSSR count). The van der Waals surface area contributed by atoms with Crippen molar-refractivity contribution in [3.8, 4) is 0 Å². The molecule has 5 heteroatoms. The summed E-state index contributed by atoms with van der Waals surface area (Å²) in [7, 11) is 0. The summed E-state index contributed by atoms with van der Waals surface area (Å²) < 4.78 is 0. The third kappa shape index (κ3) is 4.92. The lowest BCUT2D eigenvalue weighted by Crippen LogP contribution is -2.52. The van der Waals surface area contributed by atoms with Gasteiger partial charge in [-0.15, -0.1) is 0 Å². The summed E-state index contributed by atoms with van der Waals surface area (Å²) in [4.78, 5) is 12.7. The fourth-order valence-electron chi connectivity index (χ4n) is 2.66. The number of aliphatic carboxylic acids is 1. The Kier molecular flexibility index (Phi) is 6.60. The van der Waals surface area contributed by atoms with Crippen molar-refractivity contribution in [1.29, 1.82) is 0 Å². The fraction of sp³-hybridized carbons (Fsp3) is 0.923. The monoisotopic (exact) mass is 258 g/mol. The fourth-order valence-corrected chi connectivity index (χ4v) is 2.66. The standard InChI is InChI=1S/C13H26N2O3/c1-3-5-14-11-6-10(12(16)4-2)7-15(8-11)9-13(17)18/h10-12,14,16H,3-9H2,1-2H3,(H,17,18). The van der Waals surface area contributed by atoms with E-state index in [0.717, 1.165) is 32.4 Å². The first-order valence-electron chi connectivity index (χ1n) is 6.92. The molecule has 0 aromatic carbocycles. The van der Waals surface area contributed by atoms with Crippen molar-refractivity contribution in [2.45, 2.75) is 45.3 Å². The number of nitrogens with one attached hydrogen (secondary N) is 1. The summed E-state index contributed by atoms with van der Waals surface area (Å²) >= 11 is 0. The van der Waals surface area contributed by atoms with Crippen molar-refractivity contribution in [1.82, 2.24) is 10.2 Å². The van der Waals surface area contributed by atoms with Crippen molar-refractivity contribution in [2.75, 3.05) is 26.2 Å². The number of likely N-dealkylation sites (tertiary alicyclic amines) is 1. The highest BCUT2D eigenvalue weighted by atomic mass is 16.4. The number of carboxylic acids is 1. The summed E-state index contributed by atoms with van der Waals surface area (Å²) in [5.74, 6) is -0.617. The van der Waals surface area contributed by atoms with Crippen LogP contribution < -0.4 is 5.32 Å². The van der Waals surface area contributed by atoms with E-state index in [1.54, 1.807) is 0 Å². The van der Waals surface area contributed by atoms with E-state index in [4.69, 9.17) is 5.11 Å². The highest BCUT2D eigenvalue weighted by Gasteiger charge is 2.31. The molecular weight excluding hydrogens is 232 g/mol. The van der Waals surface area contributed by atoms with Gasteiger partial charge in [0.05, 0.1) is 12.6 Å². The second-order valence-electron chi connectivity index (χ2n) is 5.21. The Labute approximate surface area is 109 Å². The average molecular weight is 258 g/mol. The van der Waals surface area contributed by atoms with E-state index in [9.17, 15) is 9.90 Å². The molecule has 0 radical (unpaired) electrons. The molecule has 1 heterocycles. The van der Waals surface area contributed by atoms with Gasteiger partial charge in [0, 0.05) is 19.1 Å². The third-order valence-corrected chi connectivity index (χ3v) is 3.56. The van der Waals surface area contributed by atoms with Gasteiger partial charge >= 0.3 is 5.97 Å². The van der Waals surface area contributed by atoms with Crippen molar-refractivity contribution < 1.29 is 15.0 Å². The SMILES string of the molecule is CCCNC1CC(C(O)CC)CN(CC(=O)O)C1. The first-order chi connectivity index (χ1) is 8.56. The van der Waals surface area contributed by atoms with Crippen LogP contribution in [0.1, 0.15) is 33.1 Å². The third-order valence-electron chi connectivity index (χ3n) is 3.56. The normalized spacial score (nSPS) is 27.1. The van der Waals surface area contributed by atoms with Crippen LogP contribution in [0.4, 0.5) is 0 Å². The van der Waals surface area contributed by atoms with Crippen LogP contribution in [0, 0.1) is 5.92 Å². The Morgan fingerprint density at radius 3 is 2.72 bits per heavy atom. The lowest BCUT2D eigenvalue weighted by molar-refractivity contribution is -0.139. The van der Waals surface area contributed by atoms with Crippen molar-refractivity contribution in [3.05, 3.63) is 0 Å². The number of hydrogen-bond acceptors (Lipinski definition) is 4. The number of hydrogen-bond donors (Lipinski definition) is 3. The molecule has 106 valence electrons. The molecule has 0 bridgehead atoms. The summed E-state index contributed by atoms with van der Waals surface area (Å²) in [6.45, 7) is 6.54. The smallest absolute Gasteiger partial charge is 0.317 e. The van der Waals surface area contributed by atoms with Crippen molar-refractivity contribution in [2.24, 2.45) is 5.92 Å². The van der Waals surface area contributed by atoms with Crippen LogP contribution in [-0.4, -0.2) is 59.4 Å². The molecular formula is C13H26N2O3. The van der Waals surface area contributed by atoms with Gasteiger partial charge in [0.25, 0.3) is 0 Å². The Hall–Kier alpha value is -0.650. The quantitative estimate of drug-likeness (QED) is 0.621. The van der Waals surface area contributed by atoms with Crippen LogP contribution >= 0.6 is 0 Å². The van der Waals surface area contributed by atoms with E-state index in [1.807, 2.05) is 11.8 Å². The number of carbonyl (C=O) groups is 1. The molecule has 0 aromatic rings. The summed E-state index contributed by atoms with van der Waals surface area (Å²) in [6.07, 6.45) is 2.40. The lowest BCUT2D eigenvalue weighted by atomic mass is 9.88. The van der Waals surface area contributed by atoms with E-state index >= 15 is 0 Å². The van der Waals surface area contributed by atoms with Crippen molar-refractivity contribution >= 4 is 5.97 Å². The van der Waals surface area contributed by atoms with E-state index in [-0.39, 0.29) is 18.6 Å². The Balaban J connectivity index is 2.56. The second-order valence-corrected chi connectivity index (χ2v) is 5.21. The van der Waals surface area contributed by atoms with Crippen molar-refractivity contribution in [3.63, 3.8) is 0 Å². The minimum atomic E-state index is -0.795. The minimum Gasteiger partial charge on any atom is -0.480 e. The van der Waals surface area contributed by atoms with Gasteiger partial charge in [0.1, 0.15) is 0 Å². The molecule has 1 aliphatic heterocycles. The Bertz CT molecular complexity index is 261. The minimum absolute atomic E-state index is 0.0667. The highest BCUT2D eigenvalue weighted by molar-refractivity contribution is 5.69. The van der Waals surface area contributed by atoms with Crippen LogP contribution in [0.2, 0.25) is 0 Å². The summed E-state index contributed by atoms with van der Waals surface area (Å²) in [5, 5.41) is 22.3. The van der Waals surface area contributed by atoms with E-state index in [2.05, 4.69) is 12.2 Å². The van der Waals surface area contributed by atoms with E-state index in [1.165, 1.54) is 0 Å². The van der Waals surface area contributed by atoms with Gasteiger partial charge < -0.3 is 15.5 Å². The van der Waals surface area contributed by atoms with Crippen LogP contribution in [0.25, 0.3) is 0 Å². The zero-order valence-corrected chi connectivity index (χ0v) is 11.4. The molecule has 3 N–H and O–H groups in total. The number of piperidine rings is 1. The van der Waals surface area contributed by atoms with Crippen LogP contribution in [-0.2, 0) is 4.79 Å². The van der Waals surface area contributed by atoms with Gasteiger partial charge in [-0.3, -0.25) is 9.69 Å². The largest absolute Gasteiger partial charge is 0.480 e. The Morgan fingerprint density at radius 1 is 1.44 bits per heavy atom. The predicted octanol–water partition coefficient (Wildman–Crippen LogP) is 0.532. The zero-order valence-electron chi connectivity index (χ0n) is 11.4. The first kappa shape index (κ1) is 15.4. The summed E-state index contributed by atoms with van der Waals surface area (Å²) in [5.41, 5.74) is 0. The molecule has 0 amide bonds. The number of nitrogens with zero attached hydrogens (tertiary/aromatic N) is 1. The van der Waals surface area contributed by atoms with Gasteiger partial charge in [0.15, 0.2) is 0 Å². The Morgan fingerprint density at radius 2 is 2.17 bits per heavy atom. The molecule has 3 atom stereocenters. The van der Waals surface area contributed by atoms with Gasteiger partial charge in [-0.2, -0.15) is 0 Å². The molecule has 1 fully saturated rings. The van der Waals surface area contributed by atoms with Gasteiger partial charge in [0.2, 0.25) is 0 Å². The second kappa shape index (κ2) is 7.71.